The lowest BCUT2D eigenvalue weighted by Gasteiger charge is -2.24. The minimum absolute atomic E-state index is 0.0535. The lowest BCUT2D eigenvalue weighted by atomic mass is 10.2. The van der Waals surface area contributed by atoms with Crippen LogP contribution in [0.5, 0.6) is 0 Å². The van der Waals surface area contributed by atoms with Gasteiger partial charge in [0.1, 0.15) is 0 Å². The van der Waals surface area contributed by atoms with E-state index in [1.807, 2.05) is 69.3 Å². The fourth-order valence-electron chi connectivity index (χ4n) is 3.09. The van der Waals surface area contributed by atoms with E-state index in [-0.39, 0.29) is 37.4 Å². The first-order chi connectivity index (χ1) is 14.8. The van der Waals surface area contributed by atoms with Crippen molar-refractivity contribution >= 4 is 29.1 Å². The summed E-state index contributed by atoms with van der Waals surface area (Å²) in [5.41, 5.74) is 3.54. The van der Waals surface area contributed by atoms with Gasteiger partial charge in [-0.2, -0.15) is 0 Å². The van der Waals surface area contributed by atoms with Crippen LogP contribution < -0.4 is 10.6 Å². The Bertz CT molecular complexity index is 896. The number of para-hydroxylation sites is 1. The molecule has 0 spiro atoms. The van der Waals surface area contributed by atoms with Crippen molar-refractivity contribution in [3.8, 4) is 0 Å². The molecule has 0 bridgehead atoms. The summed E-state index contributed by atoms with van der Waals surface area (Å²) in [6.07, 6.45) is 0.808. The van der Waals surface area contributed by atoms with Crippen LogP contribution in [0.4, 0.5) is 11.4 Å². The van der Waals surface area contributed by atoms with E-state index in [2.05, 4.69) is 10.6 Å². The monoisotopic (exact) mass is 424 g/mol. The molecular formula is C24H32N4O3. The number of carbonyl (C=O) groups is 3. The molecule has 0 aliphatic rings. The Morgan fingerprint density at radius 2 is 1.48 bits per heavy atom. The molecule has 0 saturated heterocycles. The summed E-state index contributed by atoms with van der Waals surface area (Å²) < 4.78 is 0. The quantitative estimate of drug-likeness (QED) is 0.614. The molecule has 0 radical (unpaired) electrons. The normalized spacial score (nSPS) is 10.6. The van der Waals surface area contributed by atoms with Gasteiger partial charge in [0, 0.05) is 18.4 Å². The van der Waals surface area contributed by atoms with E-state index in [0.29, 0.717) is 12.2 Å². The van der Waals surface area contributed by atoms with Crippen molar-refractivity contribution in [3.05, 3.63) is 59.7 Å². The highest BCUT2D eigenvalue weighted by atomic mass is 16.2. The second-order valence-electron chi connectivity index (χ2n) is 7.74. The molecule has 0 unspecified atom stereocenters. The smallest absolute Gasteiger partial charge is 0.243 e. The number of rotatable bonds is 10. The van der Waals surface area contributed by atoms with E-state index in [9.17, 15) is 14.4 Å². The summed E-state index contributed by atoms with van der Waals surface area (Å²) in [6, 6.07) is 15.0. The number of hydrogen-bond donors (Lipinski definition) is 2. The molecule has 2 aromatic rings. The van der Waals surface area contributed by atoms with Gasteiger partial charge in [-0.3, -0.25) is 19.3 Å². The van der Waals surface area contributed by atoms with Crippen LogP contribution in [0.3, 0.4) is 0 Å². The van der Waals surface area contributed by atoms with Crippen LogP contribution in [0.1, 0.15) is 24.5 Å². The minimum Gasteiger partial charge on any atom is -0.335 e. The molecule has 2 rings (SSSR count). The Hall–Kier alpha value is -3.19. The minimum atomic E-state index is -0.265. The zero-order chi connectivity index (χ0) is 22.8. The van der Waals surface area contributed by atoms with Gasteiger partial charge < -0.3 is 15.5 Å². The first-order valence-corrected chi connectivity index (χ1v) is 10.5. The van der Waals surface area contributed by atoms with Gasteiger partial charge in [0.2, 0.25) is 17.7 Å². The van der Waals surface area contributed by atoms with Crippen LogP contribution in [0.15, 0.2) is 48.5 Å². The predicted octanol–water partition coefficient (Wildman–Crippen LogP) is 3.05. The molecule has 0 aromatic heterocycles. The van der Waals surface area contributed by atoms with Crippen molar-refractivity contribution in [2.75, 3.05) is 43.9 Å². The fraction of sp³-hybridized carbons (Fsp3) is 0.375. The van der Waals surface area contributed by atoms with Crippen LogP contribution in [-0.4, -0.2) is 60.7 Å². The van der Waals surface area contributed by atoms with Gasteiger partial charge in [-0.05, 0) is 50.6 Å². The Kier molecular flexibility index (Phi) is 9.21. The Balaban J connectivity index is 1.86. The number of hydrogen-bond acceptors (Lipinski definition) is 4. The maximum absolute atomic E-state index is 12.6. The van der Waals surface area contributed by atoms with E-state index in [1.165, 1.54) is 4.90 Å². The molecule has 31 heavy (non-hydrogen) atoms. The summed E-state index contributed by atoms with van der Waals surface area (Å²) in [6.45, 7) is 6.63. The van der Waals surface area contributed by atoms with Gasteiger partial charge >= 0.3 is 0 Å². The SMILES string of the molecule is CCCN(CC(=O)Nc1ccccc1C)CC(=O)N(C)CC(=O)Nc1ccc(C)cc1. The van der Waals surface area contributed by atoms with E-state index in [0.717, 1.165) is 23.2 Å². The van der Waals surface area contributed by atoms with Crippen LogP contribution in [0.2, 0.25) is 0 Å². The number of amides is 3. The van der Waals surface area contributed by atoms with Crippen LogP contribution in [0.25, 0.3) is 0 Å². The Morgan fingerprint density at radius 3 is 2.13 bits per heavy atom. The Labute approximate surface area is 184 Å². The molecule has 0 fully saturated rings. The number of nitrogens with one attached hydrogen (secondary N) is 2. The van der Waals surface area contributed by atoms with Crippen LogP contribution in [-0.2, 0) is 14.4 Å². The van der Waals surface area contributed by atoms with Crippen molar-refractivity contribution in [2.24, 2.45) is 0 Å². The summed E-state index contributed by atoms with van der Waals surface area (Å²) in [4.78, 5) is 40.5. The van der Waals surface area contributed by atoms with E-state index < -0.39 is 0 Å². The molecule has 2 N–H and O–H groups in total. The molecule has 7 heteroatoms. The van der Waals surface area contributed by atoms with Crippen molar-refractivity contribution < 1.29 is 14.4 Å². The van der Waals surface area contributed by atoms with Gasteiger partial charge in [-0.1, -0.05) is 42.8 Å². The molecule has 0 aliphatic carbocycles. The fourth-order valence-corrected chi connectivity index (χ4v) is 3.09. The maximum atomic E-state index is 12.6. The van der Waals surface area contributed by atoms with Crippen LogP contribution in [0, 0.1) is 13.8 Å². The van der Waals surface area contributed by atoms with E-state index >= 15 is 0 Å². The molecule has 7 nitrogen and oxygen atoms in total. The molecule has 3 amide bonds. The third-order valence-corrected chi connectivity index (χ3v) is 4.83. The number of anilines is 2. The van der Waals surface area contributed by atoms with Gasteiger partial charge in [0.05, 0.1) is 19.6 Å². The highest BCUT2D eigenvalue weighted by Gasteiger charge is 2.19. The molecular weight excluding hydrogens is 392 g/mol. The number of aryl methyl sites for hydroxylation is 2. The van der Waals surface area contributed by atoms with Crippen molar-refractivity contribution in [1.29, 1.82) is 0 Å². The van der Waals surface area contributed by atoms with Crippen LogP contribution >= 0.6 is 0 Å². The molecule has 0 aliphatic heterocycles. The summed E-state index contributed by atoms with van der Waals surface area (Å²) in [5, 5.41) is 5.68. The maximum Gasteiger partial charge on any atom is 0.243 e. The molecule has 2 aromatic carbocycles. The average molecular weight is 425 g/mol. The topological polar surface area (TPSA) is 81.8 Å². The second kappa shape index (κ2) is 11.9. The van der Waals surface area contributed by atoms with Crippen molar-refractivity contribution in [2.45, 2.75) is 27.2 Å². The highest BCUT2D eigenvalue weighted by Crippen LogP contribution is 2.13. The predicted molar refractivity (Wildman–Crippen MR) is 124 cm³/mol. The number of benzene rings is 2. The zero-order valence-corrected chi connectivity index (χ0v) is 18.8. The average Bonchev–Trinajstić information content (AvgIpc) is 2.71. The first kappa shape index (κ1) is 24.1. The standard InChI is InChI=1S/C24H32N4O3/c1-5-14-28(16-23(30)26-21-9-7-6-8-19(21)3)17-24(31)27(4)15-22(29)25-20-12-10-18(2)11-13-20/h6-13H,5,14-17H2,1-4H3,(H,25,29)(H,26,30). The van der Waals surface area contributed by atoms with Crippen molar-refractivity contribution in [3.63, 3.8) is 0 Å². The Morgan fingerprint density at radius 1 is 0.839 bits per heavy atom. The molecule has 0 heterocycles. The zero-order valence-electron chi connectivity index (χ0n) is 18.8. The van der Waals surface area contributed by atoms with Gasteiger partial charge in [0.25, 0.3) is 0 Å². The molecule has 166 valence electrons. The third-order valence-electron chi connectivity index (χ3n) is 4.83. The van der Waals surface area contributed by atoms with E-state index in [1.54, 1.807) is 11.9 Å². The number of carbonyl (C=O) groups excluding carboxylic acids is 3. The van der Waals surface area contributed by atoms with E-state index in [4.69, 9.17) is 0 Å². The lowest BCUT2D eigenvalue weighted by Crippen LogP contribution is -2.44. The summed E-state index contributed by atoms with van der Waals surface area (Å²) in [7, 11) is 1.59. The molecule has 0 atom stereocenters. The second-order valence-corrected chi connectivity index (χ2v) is 7.74. The van der Waals surface area contributed by atoms with Crippen molar-refractivity contribution in [1.82, 2.24) is 9.80 Å². The molecule has 0 saturated carbocycles. The lowest BCUT2D eigenvalue weighted by molar-refractivity contribution is -0.134. The number of nitrogens with zero attached hydrogens (tertiary/aromatic N) is 2. The van der Waals surface area contributed by atoms with Gasteiger partial charge in [-0.25, -0.2) is 0 Å². The third kappa shape index (κ3) is 8.22. The first-order valence-electron chi connectivity index (χ1n) is 10.5. The summed E-state index contributed by atoms with van der Waals surface area (Å²) >= 11 is 0. The highest BCUT2D eigenvalue weighted by molar-refractivity contribution is 5.95. The summed E-state index contributed by atoms with van der Waals surface area (Å²) in [5.74, 6) is -0.648. The van der Waals surface area contributed by atoms with Gasteiger partial charge in [0.15, 0.2) is 0 Å². The largest absolute Gasteiger partial charge is 0.335 e. The van der Waals surface area contributed by atoms with Gasteiger partial charge in [-0.15, -0.1) is 0 Å². The number of likely N-dealkylation sites (N-methyl/N-ethyl adjacent to an activating group) is 1.